The number of carbonyl (C=O) groups is 1. The number of amides is 1. The normalized spacial score (nSPS) is 42.0. The fourth-order valence-corrected chi connectivity index (χ4v) is 3.85. The molecule has 0 aromatic rings. The maximum atomic E-state index is 12.7. The zero-order valence-electron chi connectivity index (χ0n) is 12.8. The van der Waals surface area contributed by atoms with Crippen molar-refractivity contribution < 1.29 is 14.6 Å². The van der Waals surface area contributed by atoms with E-state index in [-0.39, 0.29) is 17.5 Å². The van der Waals surface area contributed by atoms with Crippen LogP contribution in [0.2, 0.25) is 0 Å². The Morgan fingerprint density at radius 2 is 2.05 bits per heavy atom. The van der Waals surface area contributed by atoms with E-state index in [1.807, 2.05) is 20.8 Å². The average Bonchev–Trinajstić information content (AvgIpc) is 2.80. The summed E-state index contributed by atoms with van der Waals surface area (Å²) in [6.07, 6.45) is 1.91. The molecule has 3 fully saturated rings. The second-order valence-corrected chi connectivity index (χ2v) is 7.32. The van der Waals surface area contributed by atoms with E-state index in [0.29, 0.717) is 6.54 Å². The van der Waals surface area contributed by atoms with Crippen LogP contribution >= 0.6 is 0 Å². The largest absolute Gasteiger partial charge is 0.347 e. The predicted molar refractivity (Wildman–Crippen MR) is 73.6 cm³/mol. The van der Waals surface area contributed by atoms with Gasteiger partial charge in [0.15, 0.2) is 0 Å². The molecule has 2 N–H and O–H groups in total. The molecule has 6 heteroatoms. The van der Waals surface area contributed by atoms with Crippen LogP contribution in [0.1, 0.15) is 40.5 Å². The molecule has 0 saturated carbocycles. The molecule has 3 rings (SSSR count). The van der Waals surface area contributed by atoms with E-state index in [1.54, 1.807) is 6.92 Å². The molecule has 3 heterocycles. The Bertz CT molecular complexity index is 436. The van der Waals surface area contributed by atoms with Crippen molar-refractivity contribution >= 4 is 5.91 Å². The monoisotopic (exact) mass is 283 g/mol. The lowest BCUT2D eigenvalue weighted by atomic mass is 10.1. The lowest BCUT2D eigenvalue weighted by Gasteiger charge is -2.45. The molecule has 0 unspecified atom stereocenters. The molecule has 20 heavy (non-hydrogen) atoms. The number of hydrogen-bond acceptors (Lipinski definition) is 5. The molecule has 114 valence electrons. The van der Waals surface area contributed by atoms with Gasteiger partial charge in [-0.25, -0.2) is 0 Å². The van der Waals surface area contributed by atoms with Gasteiger partial charge in [0.25, 0.3) is 11.8 Å². The van der Waals surface area contributed by atoms with E-state index in [4.69, 9.17) is 4.74 Å². The lowest BCUT2D eigenvalue weighted by Crippen LogP contribution is -2.65. The summed E-state index contributed by atoms with van der Waals surface area (Å²) in [7, 11) is 0. The molecule has 3 aliphatic heterocycles. The van der Waals surface area contributed by atoms with Crippen LogP contribution in [0.4, 0.5) is 0 Å². The predicted octanol–water partition coefficient (Wildman–Crippen LogP) is 0.0736. The van der Waals surface area contributed by atoms with Crippen LogP contribution < -0.4 is 5.32 Å². The van der Waals surface area contributed by atoms with Crippen molar-refractivity contribution in [3.05, 3.63) is 0 Å². The van der Waals surface area contributed by atoms with E-state index in [0.717, 1.165) is 25.9 Å². The summed E-state index contributed by atoms with van der Waals surface area (Å²) in [4.78, 5) is 16.4. The van der Waals surface area contributed by atoms with Crippen LogP contribution in [0.5, 0.6) is 0 Å². The zero-order valence-corrected chi connectivity index (χ0v) is 12.8. The standard InChI is InChI=1S/C14H25N3O3/c1-12(2,3)15-13(4)11(18)17-9-8-16-7-5-6-10(16)14(17,19)20-13/h10,15,19H,5-9H2,1-4H3/t10-,13+,14-/m0/s1. The summed E-state index contributed by atoms with van der Waals surface area (Å²) in [5.41, 5.74) is -1.43. The van der Waals surface area contributed by atoms with Crippen molar-refractivity contribution in [3.8, 4) is 0 Å². The molecule has 3 atom stereocenters. The Morgan fingerprint density at radius 3 is 2.70 bits per heavy atom. The van der Waals surface area contributed by atoms with Crippen LogP contribution in [-0.4, -0.2) is 63.7 Å². The molecule has 0 bridgehead atoms. The molecule has 3 saturated heterocycles. The topological polar surface area (TPSA) is 65.0 Å². The number of nitrogens with zero attached hydrogens (tertiary/aromatic N) is 2. The molecular weight excluding hydrogens is 258 g/mol. The van der Waals surface area contributed by atoms with Crippen LogP contribution in [0, 0.1) is 0 Å². The second kappa shape index (κ2) is 4.16. The third kappa shape index (κ3) is 1.97. The van der Waals surface area contributed by atoms with Crippen LogP contribution in [0.25, 0.3) is 0 Å². The third-order valence-corrected chi connectivity index (χ3v) is 4.42. The van der Waals surface area contributed by atoms with E-state index < -0.39 is 11.6 Å². The summed E-state index contributed by atoms with van der Waals surface area (Å²) < 4.78 is 5.92. The van der Waals surface area contributed by atoms with Crippen molar-refractivity contribution in [2.45, 2.75) is 63.8 Å². The highest BCUT2D eigenvalue weighted by Crippen LogP contribution is 2.42. The number of aliphatic hydroxyl groups is 1. The number of ether oxygens (including phenoxy) is 1. The number of rotatable bonds is 1. The Labute approximate surface area is 120 Å². The van der Waals surface area contributed by atoms with Gasteiger partial charge in [-0.1, -0.05) is 0 Å². The quantitative estimate of drug-likeness (QED) is 0.713. The molecule has 3 aliphatic rings. The molecular formula is C14H25N3O3. The summed E-state index contributed by atoms with van der Waals surface area (Å²) in [5, 5.41) is 14.2. The third-order valence-electron chi connectivity index (χ3n) is 4.42. The molecule has 1 amide bonds. The van der Waals surface area contributed by atoms with Crippen LogP contribution in [0.15, 0.2) is 0 Å². The number of fused-ring (bicyclic) bond motifs is 3. The van der Waals surface area contributed by atoms with Gasteiger partial charge in [0, 0.05) is 18.6 Å². The number of piperazine rings is 1. The minimum atomic E-state index is -1.49. The first-order valence-electron chi connectivity index (χ1n) is 7.44. The van der Waals surface area contributed by atoms with Crippen LogP contribution in [0.3, 0.4) is 0 Å². The first-order valence-corrected chi connectivity index (χ1v) is 7.44. The van der Waals surface area contributed by atoms with Gasteiger partial charge in [-0.3, -0.25) is 19.9 Å². The smallest absolute Gasteiger partial charge is 0.274 e. The number of hydrogen-bond donors (Lipinski definition) is 2. The van der Waals surface area contributed by atoms with E-state index in [1.165, 1.54) is 4.90 Å². The SMILES string of the molecule is CC(C)(C)N[C@]1(C)O[C@@]2(O)[C@@H]3CCCN3CCN2C1=O. The van der Waals surface area contributed by atoms with Gasteiger partial charge in [0.2, 0.25) is 5.72 Å². The second-order valence-electron chi connectivity index (χ2n) is 7.32. The Hall–Kier alpha value is -0.690. The summed E-state index contributed by atoms with van der Waals surface area (Å²) in [6.45, 7) is 9.98. The first-order chi connectivity index (χ1) is 9.16. The average molecular weight is 283 g/mol. The van der Waals surface area contributed by atoms with Crippen molar-refractivity contribution in [1.29, 1.82) is 0 Å². The minimum Gasteiger partial charge on any atom is -0.347 e. The Balaban J connectivity index is 1.91. The van der Waals surface area contributed by atoms with Crippen molar-refractivity contribution in [2.24, 2.45) is 0 Å². The van der Waals surface area contributed by atoms with Gasteiger partial charge < -0.3 is 9.84 Å². The van der Waals surface area contributed by atoms with E-state index >= 15 is 0 Å². The highest BCUT2D eigenvalue weighted by Gasteiger charge is 2.65. The molecule has 0 spiro atoms. The zero-order chi connectivity index (χ0) is 14.8. The molecule has 0 aromatic carbocycles. The summed E-state index contributed by atoms with van der Waals surface area (Å²) in [5.74, 6) is -1.65. The maximum absolute atomic E-state index is 12.7. The van der Waals surface area contributed by atoms with Crippen molar-refractivity contribution in [2.75, 3.05) is 19.6 Å². The van der Waals surface area contributed by atoms with Gasteiger partial charge >= 0.3 is 0 Å². The molecule has 0 aromatic heterocycles. The van der Waals surface area contributed by atoms with E-state index in [9.17, 15) is 9.90 Å². The Kier molecular flexibility index (Phi) is 2.97. The van der Waals surface area contributed by atoms with Crippen molar-refractivity contribution in [3.63, 3.8) is 0 Å². The van der Waals surface area contributed by atoms with Crippen molar-refractivity contribution in [1.82, 2.24) is 15.1 Å². The molecule has 6 nitrogen and oxygen atoms in total. The number of carbonyl (C=O) groups excluding carboxylic acids is 1. The van der Waals surface area contributed by atoms with Gasteiger partial charge in [-0.2, -0.15) is 0 Å². The minimum absolute atomic E-state index is 0.108. The van der Waals surface area contributed by atoms with Gasteiger partial charge in [-0.15, -0.1) is 0 Å². The molecule has 0 aliphatic carbocycles. The maximum Gasteiger partial charge on any atom is 0.274 e. The van der Waals surface area contributed by atoms with Crippen LogP contribution in [-0.2, 0) is 9.53 Å². The van der Waals surface area contributed by atoms with Gasteiger partial charge in [0.1, 0.15) is 0 Å². The summed E-state index contributed by atoms with van der Waals surface area (Å²) in [6, 6.07) is -0.108. The number of nitrogens with one attached hydrogen (secondary N) is 1. The first kappa shape index (κ1) is 14.3. The highest BCUT2D eigenvalue weighted by molar-refractivity contribution is 5.87. The van der Waals surface area contributed by atoms with Gasteiger partial charge in [0.05, 0.1) is 6.04 Å². The fourth-order valence-electron chi connectivity index (χ4n) is 3.85. The highest BCUT2D eigenvalue weighted by atomic mass is 16.7. The lowest BCUT2D eigenvalue weighted by molar-refractivity contribution is -0.315. The van der Waals surface area contributed by atoms with Gasteiger partial charge in [-0.05, 0) is 47.1 Å². The van der Waals surface area contributed by atoms with E-state index in [2.05, 4.69) is 10.2 Å². The Morgan fingerprint density at radius 1 is 1.35 bits per heavy atom. The fraction of sp³-hybridized carbons (Fsp3) is 0.929. The summed E-state index contributed by atoms with van der Waals surface area (Å²) >= 11 is 0. The molecule has 0 radical (unpaired) electrons.